The van der Waals surface area contributed by atoms with Crippen molar-refractivity contribution in [3.63, 3.8) is 0 Å². The Morgan fingerprint density at radius 2 is 1.94 bits per heavy atom. The molecule has 1 amide bonds. The first kappa shape index (κ1) is 14.3. The lowest BCUT2D eigenvalue weighted by Gasteiger charge is -2.16. The zero-order chi connectivity index (χ0) is 13.5. The first-order valence-corrected chi connectivity index (χ1v) is 6.00. The number of rotatable bonds is 6. The summed E-state index contributed by atoms with van der Waals surface area (Å²) in [6, 6.07) is 4.18. The number of amides is 1. The van der Waals surface area contributed by atoms with Crippen LogP contribution >= 0.6 is 0 Å². The highest BCUT2D eigenvalue weighted by molar-refractivity contribution is 5.99. The molecule has 5 heteroatoms. The van der Waals surface area contributed by atoms with Crippen LogP contribution in [-0.4, -0.2) is 35.4 Å². The minimum Gasteiger partial charge on any atom is -0.507 e. The molecule has 1 atom stereocenters. The lowest BCUT2D eigenvalue weighted by atomic mass is 10.1. The summed E-state index contributed by atoms with van der Waals surface area (Å²) in [6.07, 6.45) is 0.716. The van der Waals surface area contributed by atoms with Gasteiger partial charge in [-0.1, -0.05) is 13.0 Å². The van der Waals surface area contributed by atoms with Crippen molar-refractivity contribution in [2.24, 2.45) is 0 Å². The maximum absolute atomic E-state index is 11.8. The van der Waals surface area contributed by atoms with Gasteiger partial charge >= 0.3 is 0 Å². The summed E-state index contributed by atoms with van der Waals surface area (Å²) in [6.45, 7) is 4.77. The zero-order valence-corrected chi connectivity index (χ0v) is 10.6. The molecule has 3 N–H and O–H groups in total. The Morgan fingerprint density at radius 1 is 1.33 bits per heavy atom. The predicted octanol–water partition coefficient (Wildman–Crippen LogP) is 1.64. The minimum atomic E-state index is -0.510. The SMILES string of the molecule is CCO[C@H](CC)CNC(=O)c1c(O)cccc1O. The van der Waals surface area contributed by atoms with Crippen molar-refractivity contribution in [1.82, 2.24) is 5.32 Å². The van der Waals surface area contributed by atoms with Gasteiger partial charge in [0.2, 0.25) is 0 Å². The number of nitrogens with one attached hydrogen (secondary N) is 1. The molecule has 0 aliphatic heterocycles. The molecular formula is C13H19NO4. The van der Waals surface area contributed by atoms with Gasteiger partial charge in [0, 0.05) is 13.2 Å². The Labute approximate surface area is 106 Å². The highest BCUT2D eigenvalue weighted by Crippen LogP contribution is 2.25. The lowest BCUT2D eigenvalue weighted by Crippen LogP contribution is -2.33. The van der Waals surface area contributed by atoms with Crippen molar-refractivity contribution in [2.75, 3.05) is 13.2 Å². The van der Waals surface area contributed by atoms with Crippen molar-refractivity contribution in [2.45, 2.75) is 26.4 Å². The molecule has 1 rings (SSSR count). The first-order chi connectivity index (χ1) is 8.60. The van der Waals surface area contributed by atoms with Crippen LogP contribution in [0, 0.1) is 0 Å². The van der Waals surface area contributed by atoms with Crippen LogP contribution in [0.1, 0.15) is 30.6 Å². The molecule has 100 valence electrons. The normalized spacial score (nSPS) is 12.1. The third-order valence-corrected chi connectivity index (χ3v) is 2.60. The van der Waals surface area contributed by atoms with Crippen molar-refractivity contribution in [3.8, 4) is 11.5 Å². The molecule has 0 aliphatic carbocycles. The van der Waals surface area contributed by atoms with Crippen LogP contribution in [0.25, 0.3) is 0 Å². The summed E-state index contributed by atoms with van der Waals surface area (Å²) in [4.78, 5) is 11.8. The Bertz CT molecular complexity index is 386. The van der Waals surface area contributed by atoms with Gasteiger partial charge in [-0.05, 0) is 25.5 Å². The van der Waals surface area contributed by atoms with Gasteiger partial charge in [-0.15, -0.1) is 0 Å². The van der Waals surface area contributed by atoms with Crippen LogP contribution in [0.4, 0.5) is 0 Å². The van der Waals surface area contributed by atoms with Gasteiger partial charge in [-0.2, -0.15) is 0 Å². The Balaban J connectivity index is 2.65. The molecule has 0 fully saturated rings. The number of hydrogen-bond acceptors (Lipinski definition) is 4. The standard InChI is InChI=1S/C13H19NO4/c1-3-9(18-4-2)8-14-13(17)12-10(15)6-5-7-11(12)16/h5-7,9,15-16H,3-4,8H2,1-2H3,(H,14,17)/t9-/m1/s1. The number of carbonyl (C=O) groups is 1. The lowest BCUT2D eigenvalue weighted by molar-refractivity contribution is 0.0567. The van der Waals surface area contributed by atoms with Crippen molar-refractivity contribution in [3.05, 3.63) is 23.8 Å². The van der Waals surface area contributed by atoms with Crippen molar-refractivity contribution >= 4 is 5.91 Å². The van der Waals surface area contributed by atoms with Crippen LogP contribution in [0.3, 0.4) is 0 Å². The fourth-order valence-corrected chi connectivity index (χ4v) is 1.61. The number of ether oxygens (including phenoxy) is 1. The molecule has 0 bridgehead atoms. The highest BCUT2D eigenvalue weighted by atomic mass is 16.5. The Morgan fingerprint density at radius 3 is 2.44 bits per heavy atom. The highest BCUT2D eigenvalue weighted by Gasteiger charge is 2.16. The monoisotopic (exact) mass is 253 g/mol. The first-order valence-electron chi connectivity index (χ1n) is 6.00. The van der Waals surface area contributed by atoms with Crippen LogP contribution in [0.15, 0.2) is 18.2 Å². The van der Waals surface area contributed by atoms with Crippen LogP contribution < -0.4 is 5.32 Å². The van der Waals surface area contributed by atoms with E-state index in [0.29, 0.717) is 13.2 Å². The summed E-state index contributed by atoms with van der Waals surface area (Å²) >= 11 is 0. The second kappa shape index (κ2) is 6.86. The number of carbonyl (C=O) groups excluding carboxylic acids is 1. The Hall–Kier alpha value is -1.75. The van der Waals surface area contributed by atoms with Gasteiger partial charge < -0.3 is 20.3 Å². The van der Waals surface area contributed by atoms with E-state index >= 15 is 0 Å². The summed E-state index contributed by atoms with van der Waals surface area (Å²) in [5, 5.41) is 21.7. The topological polar surface area (TPSA) is 78.8 Å². The minimum absolute atomic E-state index is 0.0630. The largest absolute Gasteiger partial charge is 0.507 e. The summed E-state index contributed by atoms with van der Waals surface area (Å²) in [5.41, 5.74) is -0.108. The molecule has 5 nitrogen and oxygen atoms in total. The second-order valence-corrected chi connectivity index (χ2v) is 3.87. The Kier molecular flexibility index (Phi) is 5.45. The number of phenolic OH excluding ortho intramolecular Hbond substituents is 2. The van der Waals surface area contributed by atoms with Gasteiger partial charge in [0.15, 0.2) is 0 Å². The van der Waals surface area contributed by atoms with Gasteiger partial charge in [-0.25, -0.2) is 0 Å². The molecular weight excluding hydrogens is 234 g/mol. The molecule has 0 aromatic heterocycles. The second-order valence-electron chi connectivity index (χ2n) is 3.87. The van der Waals surface area contributed by atoms with E-state index in [1.807, 2.05) is 13.8 Å². The van der Waals surface area contributed by atoms with E-state index in [0.717, 1.165) is 6.42 Å². The van der Waals surface area contributed by atoms with Crippen LogP contribution in [0.2, 0.25) is 0 Å². The van der Waals surface area contributed by atoms with E-state index in [2.05, 4.69) is 5.32 Å². The molecule has 0 aliphatic rings. The number of hydrogen-bond donors (Lipinski definition) is 3. The van der Waals surface area contributed by atoms with Crippen LogP contribution in [0.5, 0.6) is 11.5 Å². The van der Waals surface area contributed by atoms with E-state index in [1.54, 1.807) is 0 Å². The fourth-order valence-electron chi connectivity index (χ4n) is 1.61. The maximum Gasteiger partial charge on any atom is 0.258 e. The number of benzene rings is 1. The molecule has 1 aromatic carbocycles. The maximum atomic E-state index is 11.8. The van der Waals surface area contributed by atoms with Gasteiger partial charge in [0.1, 0.15) is 17.1 Å². The smallest absolute Gasteiger partial charge is 0.258 e. The van der Waals surface area contributed by atoms with Gasteiger partial charge in [0.05, 0.1) is 6.10 Å². The van der Waals surface area contributed by atoms with Crippen LogP contribution in [-0.2, 0) is 4.74 Å². The molecule has 0 radical (unpaired) electrons. The van der Waals surface area contributed by atoms with Gasteiger partial charge in [0.25, 0.3) is 5.91 Å². The molecule has 0 unspecified atom stereocenters. The number of aromatic hydroxyl groups is 2. The average Bonchev–Trinajstić information content (AvgIpc) is 2.34. The van der Waals surface area contributed by atoms with E-state index < -0.39 is 5.91 Å². The third-order valence-electron chi connectivity index (χ3n) is 2.60. The van der Waals surface area contributed by atoms with E-state index in [4.69, 9.17) is 4.74 Å². The molecule has 1 aromatic rings. The zero-order valence-electron chi connectivity index (χ0n) is 10.6. The third kappa shape index (κ3) is 3.63. The van der Waals surface area contributed by atoms with Crippen molar-refractivity contribution < 1.29 is 19.7 Å². The van der Waals surface area contributed by atoms with Crippen molar-refractivity contribution in [1.29, 1.82) is 0 Å². The summed E-state index contributed by atoms with van der Waals surface area (Å²) in [7, 11) is 0. The van der Waals surface area contributed by atoms with E-state index in [1.165, 1.54) is 18.2 Å². The fraction of sp³-hybridized carbons (Fsp3) is 0.462. The predicted molar refractivity (Wildman–Crippen MR) is 67.8 cm³/mol. The average molecular weight is 253 g/mol. The molecule has 0 saturated heterocycles. The molecule has 0 spiro atoms. The van der Waals surface area contributed by atoms with E-state index in [9.17, 15) is 15.0 Å². The molecule has 18 heavy (non-hydrogen) atoms. The number of phenols is 2. The summed E-state index contributed by atoms with van der Waals surface area (Å²) < 4.78 is 5.40. The summed E-state index contributed by atoms with van der Waals surface area (Å²) in [5.74, 6) is -0.988. The van der Waals surface area contributed by atoms with Gasteiger partial charge in [-0.3, -0.25) is 4.79 Å². The molecule has 0 heterocycles. The molecule has 0 saturated carbocycles. The quantitative estimate of drug-likeness (QED) is 0.720. The van der Waals surface area contributed by atoms with E-state index in [-0.39, 0.29) is 23.2 Å².